The maximum Gasteiger partial charge on any atom is 0.251 e. The molecule has 4 atom stereocenters. The normalized spacial score (nSPS) is 27.4. The van der Waals surface area contributed by atoms with Gasteiger partial charge in [-0.1, -0.05) is 42.5 Å². The summed E-state index contributed by atoms with van der Waals surface area (Å²) in [6.45, 7) is 0.448. The molecule has 2 fully saturated rings. The Bertz CT molecular complexity index is 951. The van der Waals surface area contributed by atoms with Gasteiger partial charge in [0.2, 0.25) is 11.8 Å². The van der Waals surface area contributed by atoms with Gasteiger partial charge in [0.25, 0.3) is 5.91 Å². The van der Waals surface area contributed by atoms with Crippen molar-refractivity contribution in [2.24, 2.45) is 23.7 Å². The lowest BCUT2D eigenvalue weighted by atomic mass is 9.85. The summed E-state index contributed by atoms with van der Waals surface area (Å²) in [5.41, 5.74) is 2.07. The largest absolute Gasteiger partial charge is 0.348 e. The van der Waals surface area contributed by atoms with E-state index in [0.29, 0.717) is 17.8 Å². The zero-order valence-electron chi connectivity index (χ0n) is 15.2. The predicted molar refractivity (Wildman–Crippen MR) is 104 cm³/mol. The number of fused-ring (bicyclic) bond motifs is 5. The highest BCUT2D eigenvalue weighted by Crippen LogP contribution is 2.53. The third-order valence-corrected chi connectivity index (χ3v) is 6.15. The van der Waals surface area contributed by atoms with Crippen LogP contribution in [0.4, 0.5) is 5.69 Å². The molecule has 3 aliphatic rings. The lowest BCUT2D eigenvalue weighted by Gasteiger charge is -2.17. The summed E-state index contributed by atoms with van der Waals surface area (Å²) in [6, 6.07) is 16.4. The number of hydrogen-bond donors (Lipinski definition) is 1. The smallest absolute Gasteiger partial charge is 0.251 e. The average Bonchev–Trinajstić information content (AvgIpc) is 3.41. The van der Waals surface area contributed by atoms with Crippen molar-refractivity contribution in [3.63, 3.8) is 0 Å². The fraction of sp³-hybridized carbons (Fsp3) is 0.261. The van der Waals surface area contributed by atoms with Crippen LogP contribution in [0.25, 0.3) is 0 Å². The molecule has 0 aromatic heterocycles. The molecule has 5 rings (SSSR count). The minimum Gasteiger partial charge on any atom is -0.348 e. The highest BCUT2D eigenvalue weighted by Gasteiger charge is 2.59. The first-order chi connectivity index (χ1) is 13.6. The molecule has 0 unspecified atom stereocenters. The van der Waals surface area contributed by atoms with Gasteiger partial charge in [-0.2, -0.15) is 0 Å². The second-order valence-electron chi connectivity index (χ2n) is 7.73. The minimum atomic E-state index is -0.212. The van der Waals surface area contributed by atoms with E-state index in [4.69, 9.17) is 0 Å². The molecule has 2 bridgehead atoms. The number of rotatable bonds is 4. The van der Waals surface area contributed by atoms with Crippen molar-refractivity contribution in [3.05, 3.63) is 77.9 Å². The number of nitrogens with one attached hydrogen (secondary N) is 1. The van der Waals surface area contributed by atoms with Crippen molar-refractivity contribution >= 4 is 23.4 Å². The van der Waals surface area contributed by atoms with Gasteiger partial charge in [-0.15, -0.1) is 0 Å². The van der Waals surface area contributed by atoms with Crippen molar-refractivity contribution in [2.75, 3.05) is 4.90 Å². The fourth-order valence-corrected chi connectivity index (χ4v) is 4.80. The van der Waals surface area contributed by atoms with E-state index in [0.717, 1.165) is 12.0 Å². The van der Waals surface area contributed by atoms with Crippen molar-refractivity contribution in [1.29, 1.82) is 0 Å². The topological polar surface area (TPSA) is 66.5 Å². The number of hydrogen-bond acceptors (Lipinski definition) is 3. The van der Waals surface area contributed by atoms with Crippen LogP contribution in [0.2, 0.25) is 0 Å². The molecular formula is C23H20N2O3. The van der Waals surface area contributed by atoms with E-state index in [1.165, 1.54) is 4.90 Å². The van der Waals surface area contributed by atoms with Crippen molar-refractivity contribution in [1.82, 2.24) is 5.32 Å². The van der Waals surface area contributed by atoms with Crippen LogP contribution in [0, 0.1) is 23.7 Å². The van der Waals surface area contributed by atoms with Gasteiger partial charge < -0.3 is 5.32 Å². The maximum atomic E-state index is 12.9. The van der Waals surface area contributed by atoms with Crippen molar-refractivity contribution < 1.29 is 14.4 Å². The lowest BCUT2D eigenvalue weighted by Crippen LogP contribution is -2.32. The molecule has 1 saturated heterocycles. The van der Waals surface area contributed by atoms with E-state index in [1.807, 2.05) is 30.3 Å². The molecule has 1 heterocycles. The average molecular weight is 372 g/mol. The molecule has 1 aliphatic heterocycles. The van der Waals surface area contributed by atoms with Crippen LogP contribution in [0.3, 0.4) is 0 Å². The van der Waals surface area contributed by atoms with E-state index < -0.39 is 0 Å². The quantitative estimate of drug-likeness (QED) is 0.663. The van der Waals surface area contributed by atoms with Gasteiger partial charge in [-0.25, -0.2) is 0 Å². The number of carbonyl (C=O) groups is 3. The highest BCUT2D eigenvalue weighted by molar-refractivity contribution is 6.22. The van der Waals surface area contributed by atoms with Crippen LogP contribution in [-0.4, -0.2) is 17.7 Å². The summed E-state index contributed by atoms with van der Waals surface area (Å²) < 4.78 is 0. The van der Waals surface area contributed by atoms with Crippen LogP contribution in [0.15, 0.2) is 66.7 Å². The van der Waals surface area contributed by atoms with Crippen LogP contribution < -0.4 is 10.2 Å². The van der Waals surface area contributed by atoms with Gasteiger partial charge in [0.15, 0.2) is 0 Å². The minimum absolute atomic E-state index is 0.104. The number of anilines is 1. The van der Waals surface area contributed by atoms with Crippen molar-refractivity contribution in [2.45, 2.75) is 13.0 Å². The van der Waals surface area contributed by atoms with E-state index in [1.54, 1.807) is 24.3 Å². The van der Waals surface area contributed by atoms with Crippen LogP contribution in [0.1, 0.15) is 22.3 Å². The first kappa shape index (κ1) is 16.9. The number of nitrogens with zero attached hydrogens (tertiary/aromatic N) is 1. The summed E-state index contributed by atoms with van der Waals surface area (Å²) in [6.07, 6.45) is 5.09. The second kappa shape index (κ2) is 6.44. The molecule has 2 aromatic rings. The Kier molecular flexibility index (Phi) is 3.90. The Morgan fingerprint density at radius 3 is 2.11 bits per heavy atom. The maximum absolute atomic E-state index is 12.9. The first-order valence-corrected chi connectivity index (χ1v) is 9.62. The van der Waals surface area contributed by atoms with Gasteiger partial charge in [-0.05, 0) is 48.1 Å². The van der Waals surface area contributed by atoms with E-state index >= 15 is 0 Å². The summed E-state index contributed by atoms with van der Waals surface area (Å²) >= 11 is 0. The molecule has 0 spiro atoms. The monoisotopic (exact) mass is 372 g/mol. The van der Waals surface area contributed by atoms with E-state index in [-0.39, 0.29) is 41.4 Å². The molecule has 140 valence electrons. The second-order valence-corrected chi connectivity index (χ2v) is 7.73. The van der Waals surface area contributed by atoms with Gasteiger partial charge in [0, 0.05) is 12.1 Å². The van der Waals surface area contributed by atoms with E-state index in [2.05, 4.69) is 17.5 Å². The molecule has 2 aliphatic carbocycles. The molecule has 5 heteroatoms. The molecular weight excluding hydrogens is 352 g/mol. The van der Waals surface area contributed by atoms with Gasteiger partial charge in [0.05, 0.1) is 17.5 Å². The van der Waals surface area contributed by atoms with Gasteiger partial charge in [-0.3, -0.25) is 19.3 Å². The number of amides is 3. The Labute approximate surface area is 163 Å². The molecule has 0 radical (unpaired) electrons. The van der Waals surface area contributed by atoms with Gasteiger partial charge in [0.1, 0.15) is 0 Å². The highest BCUT2D eigenvalue weighted by atomic mass is 16.2. The fourth-order valence-electron chi connectivity index (χ4n) is 4.80. The molecule has 3 amide bonds. The summed E-state index contributed by atoms with van der Waals surface area (Å²) in [4.78, 5) is 39.4. The Hall–Kier alpha value is -3.21. The van der Waals surface area contributed by atoms with Crippen molar-refractivity contribution in [3.8, 4) is 0 Å². The lowest BCUT2D eigenvalue weighted by molar-refractivity contribution is -0.123. The Morgan fingerprint density at radius 1 is 0.893 bits per heavy atom. The Balaban J connectivity index is 1.30. The molecule has 2 aromatic carbocycles. The number of imide groups is 1. The SMILES string of the molecule is O=C(NCc1ccccc1)c1ccc(N2C(=O)[C@@H]3[C@@H](C2=O)[C@H]2C=C[C@@H]3C2)cc1. The van der Waals surface area contributed by atoms with Gasteiger partial charge >= 0.3 is 0 Å². The third-order valence-electron chi connectivity index (χ3n) is 6.15. The van der Waals surface area contributed by atoms with Crippen LogP contribution in [0.5, 0.6) is 0 Å². The third kappa shape index (κ3) is 2.58. The molecule has 1 N–H and O–H groups in total. The number of allylic oxidation sites excluding steroid dienone is 2. The molecule has 5 nitrogen and oxygen atoms in total. The summed E-state index contributed by atoms with van der Waals surface area (Å²) in [7, 11) is 0. The zero-order valence-corrected chi connectivity index (χ0v) is 15.2. The van der Waals surface area contributed by atoms with Crippen LogP contribution in [-0.2, 0) is 16.1 Å². The van der Waals surface area contributed by atoms with Crippen LogP contribution >= 0.6 is 0 Å². The Morgan fingerprint density at radius 2 is 1.50 bits per heavy atom. The molecule has 28 heavy (non-hydrogen) atoms. The number of carbonyl (C=O) groups excluding carboxylic acids is 3. The summed E-state index contributed by atoms with van der Waals surface area (Å²) in [5.74, 6) is -0.429. The summed E-state index contributed by atoms with van der Waals surface area (Å²) in [5, 5.41) is 2.88. The van der Waals surface area contributed by atoms with E-state index in [9.17, 15) is 14.4 Å². The number of benzene rings is 2. The first-order valence-electron chi connectivity index (χ1n) is 9.62. The zero-order chi connectivity index (χ0) is 19.3. The molecule has 1 saturated carbocycles. The predicted octanol–water partition coefficient (Wildman–Crippen LogP) is 2.93. The standard InChI is InChI=1S/C23H20N2O3/c26-21(24-13-14-4-2-1-3-5-14)15-8-10-18(11-9-15)25-22(27)19-16-6-7-17(12-16)20(19)23(25)28/h1-11,16-17,19-20H,12-13H2,(H,24,26)/t16-,17+,19-,20-/m0/s1.